The van der Waals surface area contributed by atoms with Crippen LogP contribution in [0.1, 0.15) is 42.5 Å². The molecule has 0 saturated carbocycles. The number of carbonyl (C=O) groups excluding carboxylic acids is 1. The van der Waals surface area contributed by atoms with E-state index in [0.717, 1.165) is 32.2 Å². The summed E-state index contributed by atoms with van der Waals surface area (Å²) < 4.78 is 25.4. The summed E-state index contributed by atoms with van der Waals surface area (Å²) in [5.41, 5.74) is 1.20. The maximum Gasteiger partial charge on any atom is 0.232 e. The highest BCUT2D eigenvalue weighted by molar-refractivity contribution is 7.92. The summed E-state index contributed by atoms with van der Waals surface area (Å²) in [5, 5.41) is 0. The predicted octanol–water partition coefficient (Wildman–Crippen LogP) is 2.67. The summed E-state index contributed by atoms with van der Waals surface area (Å²) in [6, 6.07) is 6.77. The summed E-state index contributed by atoms with van der Waals surface area (Å²) in [6.45, 7) is 1.19. The van der Waals surface area contributed by atoms with Gasteiger partial charge in [-0.05, 0) is 37.1 Å². The van der Waals surface area contributed by atoms with Gasteiger partial charge in [0.2, 0.25) is 10.0 Å². The standard InChI is InChI=1S/C16H22N2O3S/c1-22(20,21)18-13-5-3-2-4-11-17-12-10-16(19)14-6-8-15(18)9-7-14/h6-9,12H,2-5,10-11,13H2,1H3. The number of Topliss-reactive ketones (excluding diaryl/α,β-unsaturated/α-hetero) is 1. The molecule has 2 bridgehead atoms. The van der Waals surface area contributed by atoms with Gasteiger partial charge in [-0.3, -0.25) is 14.1 Å². The first-order valence-electron chi connectivity index (χ1n) is 7.58. The molecule has 5 nitrogen and oxygen atoms in total. The Labute approximate surface area is 132 Å². The predicted molar refractivity (Wildman–Crippen MR) is 89.4 cm³/mol. The van der Waals surface area contributed by atoms with Crippen LogP contribution in [0.5, 0.6) is 0 Å². The molecule has 22 heavy (non-hydrogen) atoms. The second-order valence-electron chi connectivity index (χ2n) is 5.51. The van der Waals surface area contributed by atoms with Gasteiger partial charge in [-0.15, -0.1) is 0 Å². The molecule has 0 aliphatic carbocycles. The summed E-state index contributed by atoms with van der Waals surface area (Å²) >= 11 is 0. The number of benzene rings is 1. The fraction of sp³-hybridized carbons (Fsp3) is 0.500. The van der Waals surface area contributed by atoms with Gasteiger partial charge in [-0.1, -0.05) is 12.8 Å². The van der Waals surface area contributed by atoms with Gasteiger partial charge in [-0.25, -0.2) is 8.42 Å². The maximum atomic E-state index is 12.0. The fourth-order valence-electron chi connectivity index (χ4n) is 2.47. The highest BCUT2D eigenvalue weighted by Gasteiger charge is 2.17. The second-order valence-corrected chi connectivity index (χ2v) is 7.42. The third kappa shape index (κ3) is 4.66. The molecule has 1 aromatic rings. The zero-order chi connectivity index (χ0) is 16.0. The summed E-state index contributed by atoms with van der Waals surface area (Å²) in [6.07, 6.45) is 6.95. The van der Waals surface area contributed by atoms with Crippen LogP contribution >= 0.6 is 0 Å². The molecule has 3 rings (SSSR count). The minimum Gasteiger partial charge on any atom is -0.297 e. The minimum absolute atomic E-state index is 0.00363. The van der Waals surface area contributed by atoms with E-state index in [0.29, 0.717) is 17.8 Å². The van der Waals surface area contributed by atoms with E-state index in [4.69, 9.17) is 0 Å². The SMILES string of the molecule is CS(=O)(=O)N1CCCCCCN=CCC(=O)c2ccc1cc2. The van der Waals surface area contributed by atoms with Gasteiger partial charge < -0.3 is 0 Å². The Bertz CT molecular complexity index is 636. The summed E-state index contributed by atoms with van der Waals surface area (Å²) in [7, 11) is -3.31. The van der Waals surface area contributed by atoms with E-state index >= 15 is 0 Å². The lowest BCUT2D eigenvalue weighted by molar-refractivity contribution is 0.100. The Morgan fingerprint density at radius 3 is 2.41 bits per heavy atom. The molecule has 120 valence electrons. The van der Waals surface area contributed by atoms with E-state index in [2.05, 4.69) is 4.99 Å². The second kappa shape index (κ2) is 7.54. The molecule has 1 aromatic carbocycles. The van der Waals surface area contributed by atoms with Gasteiger partial charge >= 0.3 is 0 Å². The van der Waals surface area contributed by atoms with Crippen molar-refractivity contribution in [3.05, 3.63) is 29.8 Å². The molecule has 2 heterocycles. The normalized spacial score (nSPS) is 18.0. The van der Waals surface area contributed by atoms with Crippen molar-refractivity contribution in [3.63, 3.8) is 0 Å². The van der Waals surface area contributed by atoms with E-state index in [1.807, 2.05) is 0 Å². The molecule has 2 aliphatic heterocycles. The number of nitrogens with zero attached hydrogens (tertiary/aromatic N) is 2. The van der Waals surface area contributed by atoms with Gasteiger partial charge in [0.25, 0.3) is 0 Å². The molecule has 0 fully saturated rings. The van der Waals surface area contributed by atoms with E-state index in [1.54, 1.807) is 30.5 Å². The highest BCUT2D eigenvalue weighted by Crippen LogP contribution is 2.20. The van der Waals surface area contributed by atoms with Gasteiger partial charge in [0, 0.05) is 31.3 Å². The zero-order valence-electron chi connectivity index (χ0n) is 12.9. The molecular weight excluding hydrogens is 300 g/mol. The van der Waals surface area contributed by atoms with Crippen LogP contribution in [0.4, 0.5) is 5.69 Å². The lowest BCUT2D eigenvalue weighted by Crippen LogP contribution is -2.30. The Morgan fingerprint density at radius 1 is 1.05 bits per heavy atom. The first-order valence-corrected chi connectivity index (χ1v) is 9.42. The topological polar surface area (TPSA) is 66.8 Å². The highest BCUT2D eigenvalue weighted by atomic mass is 32.2. The molecule has 0 saturated heterocycles. The van der Waals surface area contributed by atoms with Crippen molar-refractivity contribution < 1.29 is 13.2 Å². The van der Waals surface area contributed by atoms with Gasteiger partial charge in [0.15, 0.2) is 5.78 Å². The average Bonchev–Trinajstić information content (AvgIpc) is 2.48. The number of rotatable bonds is 1. The number of hydrogen-bond donors (Lipinski definition) is 0. The zero-order valence-corrected chi connectivity index (χ0v) is 13.7. The smallest absolute Gasteiger partial charge is 0.232 e. The van der Waals surface area contributed by atoms with Crippen LogP contribution in [0, 0.1) is 0 Å². The first-order chi connectivity index (χ1) is 10.5. The van der Waals surface area contributed by atoms with Crippen molar-refractivity contribution in [2.75, 3.05) is 23.7 Å². The van der Waals surface area contributed by atoms with Crippen molar-refractivity contribution in [3.8, 4) is 0 Å². The van der Waals surface area contributed by atoms with Crippen LogP contribution < -0.4 is 4.31 Å². The molecule has 2 aliphatic rings. The van der Waals surface area contributed by atoms with Gasteiger partial charge in [-0.2, -0.15) is 0 Å². The van der Waals surface area contributed by atoms with Crippen molar-refractivity contribution in [1.82, 2.24) is 0 Å². The van der Waals surface area contributed by atoms with E-state index in [9.17, 15) is 13.2 Å². The van der Waals surface area contributed by atoms with Gasteiger partial charge in [0.05, 0.1) is 11.9 Å². The average molecular weight is 322 g/mol. The molecular formula is C16H22N2O3S. The van der Waals surface area contributed by atoms with Crippen molar-refractivity contribution in [2.24, 2.45) is 4.99 Å². The van der Waals surface area contributed by atoms with Crippen LogP contribution in [0.25, 0.3) is 0 Å². The third-order valence-electron chi connectivity index (χ3n) is 3.68. The Morgan fingerprint density at radius 2 is 1.73 bits per heavy atom. The van der Waals surface area contributed by atoms with E-state index in [-0.39, 0.29) is 12.2 Å². The summed E-state index contributed by atoms with van der Waals surface area (Å²) in [4.78, 5) is 16.3. The first kappa shape index (κ1) is 16.7. The molecule has 0 atom stereocenters. The third-order valence-corrected chi connectivity index (χ3v) is 4.88. The number of aliphatic imine (C=N–C) groups is 1. The van der Waals surface area contributed by atoms with Crippen LogP contribution in [0.2, 0.25) is 0 Å². The number of anilines is 1. The van der Waals surface area contributed by atoms with Crippen LogP contribution in [0.15, 0.2) is 29.3 Å². The lowest BCUT2D eigenvalue weighted by atomic mass is 10.1. The lowest BCUT2D eigenvalue weighted by Gasteiger charge is -2.22. The Hall–Kier alpha value is -1.69. The molecule has 0 amide bonds. The maximum absolute atomic E-state index is 12.0. The Balaban J connectivity index is 2.28. The number of sulfonamides is 1. The van der Waals surface area contributed by atoms with Crippen LogP contribution in [-0.2, 0) is 10.0 Å². The monoisotopic (exact) mass is 322 g/mol. The van der Waals surface area contributed by atoms with E-state index in [1.165, 1.54) is 10.6 Å². The van der Waals surface area contributed by atoms with Crippen molar-refractivity contribution in [1.29, 1.82) is 0 Å². The number of ketones is 1. The van der Waals surface area contributed by atoms with Crippen LogP contribution in [-0.4, -0.2) is 39.8 Å². The molecule has 0 radical (unpaired) electrons. The minimum atomic E-state index is -3.31. The van der Waals surface area contributed by atoms with Crippen molar-refractivity contribution >= 4 is 27.7 Å². The molecule has 0 spiro atoms. The molecule has 6 heteroatoms. The quantitative estimate of drug-likeness (QED) is 0.798. The van der Waals surface area contributed by atoms with Crippen LogP contribution in [0.3, 0.4) is 0 Å². The summed E-state index contributed by atoms with van der Waals surface area (Å²) in [5.74, 6) is -0.00363. The number of fused-ring (bicyclic) bond motifs is 11. The largest absolute Gasteiger partial charge is 0.297 e. The van der Waals surface area contributed by atoms with Gasteiger partial charge in [0.1, 0.15) is 0 Å². The van der Waals surface area contributed by atoms with Crippen molar-refractivity contribution in [2.45, 2.75) is 32.1 Å². The number of hydrogen-bond acceptors (Lipinski definition) is 4. The van der Waals surface area contributed by atoms with E-state index < -0.39 is 10.0 Å². The molecule has 0 unspecified atom stereocenters. The fourth-order valence-corrected chi connectivity index (χ4v) is 3.43. The molecule has 0 N–H and O–H groups in total. The Kier molecular flexibility index (Phi) is 5.71. The number of carbonyl (C=O) groups is 1. The molecule has 0 aromatic heterocycles.